The van der Waals surface area contributed by atoms with Crippen LogP contribution in [0.1, 0.15) is 24.0 Å². The van der Waals surface area contributed by atoms with Crippen molar-refractivity contribution < 1.29 is 4.74 Å². The standard InChI is InChI=1S/C22H24N2O/c1-17(19-10-6-3-7-11-19)24-15-20-14-21(23)12-13-22(20)25-16-18-8-4-2-5-9-18/h2,4-6,8-14,24H,1,3,7,15-16,23H2. The van der Waals surface area contributed by atoms with Crippen molar-refractivity contribution in [1.29, 1.82) is 0 Å². The van der Waals surface area contributed by atoms with Crippen LogP contribution in [0.15, 0.2) is 84.6 Å². The highest BCUT2D eigenvalue weighted by Gasteiger charge is 2.07. The maximum absolute atomic E-state index is 6.00. The molecule has 0 bridgehead atoms. The van der Waals surface area contributed by atoms with Gasteiger partial charge in [-0.1, -0.05) is 55.1 Å². The predicted molar refractivity (Wildman–Crippen MR) is 104 cm³/mol. The van der Waals surface area contributed by atoms with E-state index in [1.807, 2.05) is 36.4 Å². The van der Waals surface area contributed by atoms with Crippen molar-refractivity contribution in [3.8, 4) is 5.75 Å². The molecule has 1 aliphatic rings. The summed E-state index contributed by atoms with van der Waals surface area (Å²) in [4.78, 5) is 0. The Kier molecular flexibility index (Phi) is 5.57. The molecule has 2 aromatic carbocycles. The first-order chi connectivity index (χ1) is 12.2. The zero-order valence-corrected chi connectivity index (χ0v) is 14.4. The quantitative estimate of drug-likeness (QED) is 0.721. The third kappa shape index (κ3) is 4.77. The first-order valence-electron chi connectivity index (χ1n) is 8.57. The lowest BCUT2D eigenvalue weighted by molar-refractivity contribution is 0.302. The van der Waals surface area contributed by atoms with Crippen LogP contribution < -0.4 is 15.8 Å². The lowest BCUT2D eigenvalue weighted by Gasteiger charge is -2.16. The first-order valence-corrected chi connectivity index (χ1v) is 8.57. The largest absolute Gasteiger partial charge is 0.489 e. The van der Waals surface area contributed by atoms with Crippen molar-refractivity contribution in [2.45, 2.75) is 26.0 Å². The second-order valence-electron chi connectivity index (χ2n) is 6.11. The fourth-order valence-electron chi connectivity index (χ4n) is 2.75. The Morgan fingerprint density at radius 3 is 2.72 bits per heavy atom. The van der Waals surface area contributed by atoms with E-state index in [1.54, 1.807) is 0 Å². The molecule has 3 heteroatoms. The number of benzene rings is 2. The highest BCUT2D eigenvalue weighted by atomic mass is 16.5. The average molecular weight is 332 g/mol. The summed E-state index contributed by atoms with van der Waals surface area (Å²) in [7, 11) is 0. The molecule has 1 aliphatic carbocycles. The molecule has 0 atom stereocenters. The van der Waals surface area contributed by atoms with Crippen LogP contribution in [-0.2, 0) is 13.2 Å². The van der Waals surface area contributed by atoms with Crippen LogP contribution in [0.5, 0.6) is 5.75 Å². The number of ether oxygens (including phenoxy) is 1. The Balaban J connectivity index is 1.65. The van der Waals surface area contributed by atoms with Crippen molar-refractivity contribution in [3.63, 3.8) is 0 Å². The molecule has 3 nitrogen and oxygen atoms in total. The van der Waals surface area contributed by atoms with E-state index in [-0.39, 0.29) is 0 Å². The maximum Gasteiger partial charge on any atom is 0.124 e. The molecule has 0 amide bonds. The van der Waals surface area contributed by atoms with E-state index in [1.165, 1.54) is 0 Å². The zero-order valence-electron chi connectivity index (χ0n) is 14.4. The molecule has 0 spiro atoms. The Hall–Kier alpha value is -2.94. The second kappa shape index (κ2) is 8.25. The second-order valence-corrected chi connectivity index (χ2v) is 6.11. The van der Waals surface area contributed by atoms with Crippen molar-refractivity contribution in [2.75, 3.05) is 5.73 Å². The van der Waals surface area contributed by atoms with Gasteiger partial charge in [-0.15, -0.1) is 0 Å². The van der Waals surface area contributed by atoms with E-state index in [4.69, 9.17) is 10.5 Å². The van der Waals surface area contributed by atoms with Gasteiger partial charge in [0.2, 0.25) is 0 Å². The Morgan fingerprint density at radius 2 is 1.96 bits per heavy atom. The molecule has 25 heavy (non-hydrogen) atoms. The van der Waals surface area contributed by atoms with Gasteiger partial charge in [-0.05, 0) is 42.2 Å². The van der Waals surface area contributed by atoms with E-state index >= 15 is 0 Å². The van der Waals surface area contributed by atoms with Crippen molar-refractivity contribution in [3.05, 3.63) is 95.7 Å². The fourth-order valence-corrected chi connectivity index (χ4v) is 2.75. The smallest absolute Gasteiger partial charge is 0.124 e. The highest BCUT2D eigenvalue weighted by Crippen LogP contribution is 2.23. The lowest BCUT2D eigenvalue weighted by Crippen LogP contribution is -2.14. The minimum atomic E-state index is 0.534. The summed E-state index contributed by atoms with van der Waals surface area (Å²) in [5.74, 6) is 0.839. The number of hydrogen-bond donors (Lipinski definition) is 2. The van der Waals surface area contributed by atoms with Crippen molar-refractivity contribution in [1.82, 2.24) is 5.32 Å². The normalized spacial score (nSPS) is 13.2. The molecule has 0 heterocycles. The number of nitrogen functional groups attached to an aromatic ring is 1. The van der Waals surface area contributed by atoms with Crippen LogP contribution in [0.25, 0.3) is 0 Å². The summed E-state index contributed by atoms with van der Waals surface area (Å²) in [6, 6.07) is 15.9. The number of hydrogen-bond acceptors (Lipinski definition) is 3. The molecule has 0 saturated carbocycles. The topological polar surface area (TPSA) is 47.3 Å². The summed E-state index contributed by atoms with van der Waals surface area (Å²) in [6.45, 7) is 5.29. The highest BCUT2D eigenvalue weighted by molar-refractivity contribution is 5.48. The number of allylic oxidation sites excluding steroid dienone is 3. The molecular formula is C22H24N2O. The minimum absolute atomic E-state index is 0.534. The summed E-state index contributed by atoms with van der Waals surface area (Å²) in [5.41, 5.74) is 10.9. The van der Waals surface area contributed by atoms with E-state index in [9.17, 15) is 0 Å². The fraction of sp³-hybridized carbons (Fsp3) is 0.182. The van der Waals surface area contributed by atoms with Gasteiger partial charge in [0.25, 0.3) is 0 Å². The molecule has 0 fully saturated rings. The van der Waals surface area contributed by atoms with Gasteiger partial charge >= 0.3 is 0 Å². The molecule has 0 saturated heterocycles. The Morgan fingerprint density at radius 1 is 1.12 bits per heavy atom. The number of rotatable bonds is 7. The van der Waals surface area contributed by atoms with Crippen molar-refractivity contribution in [2.24, 2.45) is 0 Å². The summed E-state index contributed by atoms with van der Waals surface area (Å²) >= 11 is 0. The molecule has 0 radical (unpaired) electrons. The summed E-state index contributed by atoms with van der Waals surface area (Å²) in [5, 5.41) is 3.38. The van der Waals surface area contributed by atoms with E-state index in [0.717, 1.165) is 46.7 Å². The monoisotopic (exact) mass is 332 g/mol. The number of anilines is 1. The molecule has 128 valence electrons. The van der Waals surface area contributed by atoms with Crippen LogP contribution in [0.4, 0.5) is 5.69 Å². The van der Waals surface area contributed by atoms with Crippen LogP contribution in [-0.4, -0.2) is 0 Å². The Labute approximate surface area is 149 Å². The Bertz CT molecular complexity index is 791. The van der Waals surface area contributed by atoms with Gasteiger partial charge in [-0.25, -0.2) is 0 Å². The van der Waals surface area contributed by atoms with E-state index in [2.05, 4.69) is 42.3 Å². The maximum atomic E-state index is 6.00. The molecule has 0 unspecified atom stereocenters. The van der Waals surface area contributed by atoms with Crippen molar-refractivity contribution >= 4 is 5.69 Å². The summed E-state index contributed by atoms with van der Waals surface area (Å²) < 4.78 is 6.00. The number of nitrogens with two attached hydrogens (primary N) is 1. The van der Waals surface area contributed by atoms with Gasteiger partial charge in [0.15, 0.2) is 0 Å². The molecule has 0 aromatic heterocycles. The average Bonchev–Trinajstić information content (AvgIpc) is 2.67. The minimum Gasteiger partial charge on any atom is -0.489 e. The molecular weight excluding hydrogens is 308 g/mol. The van der Waals surface area contributed by atoms with Gasteiger partial charge in [-0.3, -0.25) is 0 Å². The number of nitrogens with one attached hydrogen (secondary N) is 1. The summed E-state index contributed by atoms with van der Waals surface area (Å²) in [6.07, 6.45) is 8.67. The third-order valence-corrected chi connectivity index (χ3v) is 4.16. The van der Waals surface area contributed by atoms with E-state index < -0.39 is 0 Å². The van der Waals surface area contributed by atoms with E-state index in [0.29, 0.717) is 13.2 Å². The van der Waals surface area contributed by atoms with Gasteiger partial charge in [0.05, 0.1) is 0 Å². The zero-order chi connectivity index (χ0) is 17.5. The molecule has 2 aromatic rings. The van der Waals surface area contributed by atoms with Gasteiger partial charge < -0.3 is 15.8 Å². The van der Waals surface area contributed by atoms with Crippen LogP contribution in [0, 0.1) is 0 Å². The molecule has 0 aliphatic heterocycles. The van der Waals surface area contributed by atoms with Gasteiger partial charge in [-0.2, -0.15) is 0 Å². The SMILES string of the molecule is C=C(NCc1cc(N)ccc1OCc1ccccc1)C1=CCCC=C1. The van der Waals surface area contributed by atoms with Crippen LogP contribution >= 0.6 is 0 Å². The molecule has 3 N–H and O–H groups in total. The third-order valence-electron chi connectivity index (χ3n) is 4.16. The predicted octanol–water partition coefficient (Wildman–Crippen LogP) is 4.73. The van der Waals surface area contributed by atoms with Gasteiger partial charge in [0, 0.05) is 23.5 Å². The van der Waals surface area contributed by atoms with Gasteiger partial charge in [0.1, 0.15) is 12.4 Å². The van der Waals surface area contributed by atoms with Crippen LogP contribution in [0.3, 0.4) is 0 Å². The lowest BCUT2D eigenvalue weighted by atomic mass is 10.0. The van der Waals surface area contributed by atoms with Crippen LogP contribution in [0.2, 0.25) is 0 Å². The molecule has 3 rings (SSSR count). The first kappa shape index (κ1) is 16.9.